The van der Waals surface area contributed by atoms with Crippen molar-refractivity contribution < 1.29 is 9.16 Å². The standard InChI is InChI=1S/C13H19NO2Si/c1-13(10-14,16-17(3,4)5)11-8-6-7-9-12(11)15-2/h6-9H,1-5H3/t13-/m0/s1. The van der Waals surface area contributed by atoms with Crippen molar-refractivity contribution in [3.8, 4) is 11.8 Å². The molecule has 3 nitrogen and oxygen atoms in total. The molecule has 0 aromatic heterocycles. The quantitative estimate of drug-likeness (QED) is 0.769. The Hall–Kier alpha value is -1.31. The van der Waals surface area contributed by atoms with Gasteiger partial charge in [-0.2, -0.15) is 5.26 Å². The average molecular weight is 249 g/mol. The minimum absolute atomic E-state index is 0.690. The molecule has 0 spiro atoms. The minimum atomic E-state index is -1.81. The van der Waals surface area contributed by atoms with Gasteiger partial charge in [-0.05, 0) is 32.6 Å². The Morgan fingerprint density at radius 2 is 1.82 bits per heavy atom. The Morgan fingerprint density at radius 3 is 2.29 bits per heavy atom. The van der Waals surface area contributed by atoms with Gasteiger partial charge in [0.25, 0.3) is 0 Å². The lowest BCUT2D eigenvalue weighted by atomic mass is 9.97. The van der Waals surface area contributed by atoms with Crippen molar-refractivity contribution in [2.24, 2.45) is 0 Å². The van der Waals surface area contributed by atoms with Crippen LogP contribution in [0.25, 0.3) is 0 Å². The maximum atomic E-state index is 9.41. The second kappa shape index (κ2) is 4.90. The van der Waals surface area contributed by atoms with Crippen LogP contribution in [0.1, 0.15) is 12.5 Å². The summed E-state index contributed by atoms with van der Waals surface area (Å²) in [4.78, 5) is 0. The van der Waals surface area contributed by atoms with Gasteiger partial charge in [-0.3, -0.25) is 0 Å². The van der Waals surface area contributed by atoms with E-state index in [1.807, 2.05) is 24.3 Å². The molecule has 1 rings (SSSR count). The molecule has 0 aliphatic rings. The number of nitriles is 1. The fourth-order valence-electron chi connectivity index (χ4n) is 1.79. The van der Waals surface area contributed by atoms with E-state index < -0.39 is 13.9 Å². The second-order valence-corrected chi connectivity index (χ2v) is 9.49. The molecular formula is C13H19NO2Si. The molecule has 92 valence electrons. The van der Waals surface area contributed by atoms with Gasteiger partial charge in [0.05, 0.1) is 7.11 Å². The largest absolute Gasteiger partial charge is 0.496 e. The fourth-order valence-corrected chi connectivity index (χ4v) is 3.17. The van der Waals surface area contributed by atoms with Crippen molar-refractivity contribution in [3.05, 3.63) is 29.8 Å². The molecule has 0 bridgehead atoms. The van der Waals surface area contributed by atoms with Crippen LogP contribution in [0.2, 0.25) is 19.6 Å². The van der Waals surface area contributed by atoms with E-state index in [0.29, 0.717) is 5.75 Å². The van der Waals surface area contributed by atoms with Gasteiger partial charge in [0.15, 0.2) is 13.9 Å². The molecule has 0 aliphatic carbocycles. The monoisotopic (exact) mass is 249 g/mol. The summed E-state index contributed by atoms with van der Waals surface area (Å²) in [6, 6.07) is 9.75. The van der Waals surface area contributed by atoms with E-state index in [9.17, 15) is 5.26 Å². The third-order valence-electron chi connectivity index (χ3n) is 2.34. The summed E-state index contributed by atoms with van der Waals surface area (Å²) in [6.07, 6.45) is 0. The Kier molecular flexibility index (Phi) is 3.97. The molecule has 0 unspecified atom stereocenters. The van der Waals surface area contributed by atoms with E-state index in [4.69, 9.17) is 9.16 Å². The zero-order chi connectivity index (χ0) is 13.1. The lowest BCUT2D eigenvalue weighted by Gasteiger charge is -2.31. The van der Waals surface area contributed by atoms with Crippen LogP contribution in [0.4, 0.5) is 0 Å². The van der Waals surface area contributed by atoms with E-state index in [1.54, 1.807) is 14.0 Å². The molecular weight excluding hydrogens is 230 g/mol. The van der Waals surface area contributed by atoms with E-state index in [2.05, 4.69) is 25.7 Å². The van der Waals surface area contributed by atoms with Crippen LogP contribution in [0.3, 0.4) is 0 Å². The molecule has 1 aromatic carbocycles. The van der Waals surface area contributed by atoms with Crippen molar-refractivity contribution in [1.82, 2.24) is 0 Å². The Labute approximate surface area is 104 Å². The lowest BCUT2D eigenvalue weighted by molar-refractivity contribution is 0.137. The summed E-state index contributed by atoms with van der Waals surface area (Å²) in [5, 5.41) is 9.41. The molecule has 4 heteroatoms. The minimum Gasteiger partial charge on any atom is -0.496 e. The zero-order valence-electron chi connectivity index (χ0n) is 11.1. The average Bonchev–Trinajstić information content (AvgIpc) is 2.26. The predicted molar refractivity (Wildman–Crippen MR) is 70.4 cm³/mol. The Bertz CT molecular complexity index is 434. The predicted octanol–water partition coefficient (Wildman–Crippen LogP) is 3.29. The first kappa shape index (κ1) is 13.8. The van der Waals surface area contributed by atoms with Crippen LogP contribution in [0, 0.1) is 11.3 Å². The van der Waals surface area contributed by atoms with Gasteiger partial charge in [0, 0.05) is 5.56 Å². The maximum absolute atomic E-state index is 9.41. The number of rotatable bonds is 4. The summed E-state index contributed by atoms with van der Waals surface area (Å²) < 4.78 is 11.3. The normalized spacial score (nSPS) is 14.8. The number of methoxy groups -OCH3 is 1. The van der Waals surface area contributed by atoms with E-state index in [-0.39, 0.29) is 0 Å². The molecule has 0 fully saturated rings. The number of ether oxygens (including phenoxy) is 1. The first-order chi connectivity index (χ1) is 7.82. The second-order valence-electron chi connectivity index (χ2n) is 5.06. The fraction of sp³-hybridized carbons (Fsp3) is 0.462. The van der Waals surface area contributed by atoms with E-state index in [0.717, 1.165) is 5.56 Å². The highest BCUT2D eigenvalue weighted by Crippen LogP contribution is 2.34. The maximum Gasteiger partial charge on any atom is 0.186 e. The van der Waals surface area contributed by atoms with Gasteiger partial charge in [-0.15, -0.1) is 0 Å². The van der Waals surface area contributed by atoms with Gasteiger partial charge >= 0.3 is 0 Å². The molecule has 0 N–H and O–H groups in total. The number of hydrogen-bond donors (Lipinski definition) is 0. The first-order valence-corrected chi connectivity index (χ1v) is 8.98. The highest BCUT2D eigenvalue weighted by Gasteiger charge is 2.35. The van der Waals surface area contributed by atoms with Crippen LogP contribution in [-0.2, 0) is 10.0 Å². The van der Waals surface area contributed by atoms with Crippen LogP contribution < -0.4 is 4.74 Å². The van der Waals surface area contributed by atoms with Gasteiger partial charge in [-0.25, -0.2) is 0 Å². The lowest BCUT2D eigenvalue weighted by Crippen LogP contribution is -2.37. The Balaban J connectivity index is 3.22. The van der Waals surface area contributed by atoms with Crippen molar-refractivity contribution in [3.63, 3.8) is 0 Å². The third kappa shape index (κ3) is 3.32. The van der Waals surface area contributed by atoms with E-state index >= 15 is 0 Å². The summed E-state index contributed by atoms with van der Waals surface area (Å²) in [6.45, 7) is 8.00. The van der Waals surface area contributed by atoms with Crippen molar-refractivity contribution in [2.75, 3.05) is 7.11 Å². The summed E-state index contributed by atoms with van der Waals surface area (Å²) in [5.41, 5.74) is -0.163. The van der Waals surface area contributed by atoms with Crippen LogP contribution >= 0.6 is 0 Å². The molecule has 0 saturated carbocycles. The zero-order valence-corrected chi connectivity index (χ0v) is 12.1. The van der Waals surface area contributed by atoms with Crippen molar-refractivity contribution >= 4 is 8.32 Å². The molecule has 0 radical (unpaired) electrons. The summed E-state index contributed by atoms with van der Waals surface area (Å²) in [7, 11) is -0.208. The van der Waals surface area contributed by atoms with Crippen LogP contribution in [-0.4, -0.2) is 15.4 Å². The summed E-state index contributed by atoms with van der Waals surface area (Å²) in [5.74, 6) is 0.690. The highest BCUT2D eigenvalue weighted by atomic mass is 28.4. The molecule has 0 aliphatic heterocycles. The Morgan fingerprint density at radius 1 is 1.24 bits per heavy atom. The number of benzene rings is 1. The molecule has 17 heavy (non-hydrogen) atoms. The topological polar surface area (TPSA) is 42.2 Å². The smallest absolute Gasteiger partial charge is 0.186 e. The van der Waals surface area contributed by atoms with Gasteiger partial charge < -0.3 is 9.16 Å². The molecule has 0 amide bonds. The number of hydrogen-bond acceptors (Lipinski definition) is 3. The van der Waals surface area contributed by atoms with Gasteiger partial charge in [0.2, 0.25) is 0 Å². The van der Waals surface area contributed by atoms with Crippen molar-refractivity contribution in [2.45, 2.75) is 32.2 Å². The van der Waals surface area contributed by atoms with Gasteiger partial charge in [0.1, 0.15) is 11.8 Å². The molecule has 1 aromatic rings. The highest BCUT2D eigenvalue weighted by molar-refractivity contribution is 6.69. The molecule has 0 heterocycles. The van der Waals surface area contributed by atoms with E-state index in [1.165, 1.54) is 0 Å². The van der Waals surface area contributed by atoms with Crippen LogP contribution in [0.15, 0.2) is 24.3 Å². The van der Waals surface area contributed by atoms with Crippen LogP contribution in [0.5, 0.6) is 5.75 Å². The van der Waals surface area contributed by atoms with Crippen molar-refractivity contribution in [1.29, 1.82) is 5.26 Å². The first-order valence-electron chi connectivity index (χ1n) is 5.57. The molecule has 1 atom stereocenters. The number of para-hydroxylation sites is 1. The summed E-state index contributed by atoms with van der Waals surface area (Å²) >= 11 is 0. The third-order valence-corrected chi connectivity index (χ3v) is 3.37. The van der Waals surface area contributed by atoms with Gasteiger partial charge in [-0.1, -0.05) is 18.2 Å². The molecule has 0 saturated heterocycles. The number of nitrogens with zero attached hydrogens (tertiary/aromatic N) is 1. The SMILES string of the molecule is COc1ccccc1[C@](C)(C#N)O[Si](C)(C)C.